The second-order valence-electron chi connectivity index (χ2n) is 3.61. The van der Waals surface area contributed by atoms with Gasteiger partial charge in [-0.25, -0.2) is 4.79 Å². The van der Waals surface area contributed by atoms with Crippen molar-refractivity contribution in [1.82, 2.24) is 4.98 Å². The molecule has 0 aliphatic carbocycles. The number of carboxylic acid groups (broad SMARTS) is 1. The molecule has 0 atom stereocenters. The van der Waals surface area contributed by atoms with Gasteiger partial charge in [-0.05, 0) is 23.8 Å². The van der Waals surface area contributed by atoms with Gasteiger partial charge in [0.15, 0.2) is 0 Å². The molecule has 0 bridgehead atoms. The summed E-state index contributed by atoms with van der Waals surface area (Å²) in [5.74, 6) is -0.464. The number of hydrogen-bond acceptors (Lipinski definition) is 3. The lowest BCUT2D eigenvalue weighted by Crippen LogP contribution is -1.99. The Labute approximate surface area is 109 Å². The molecule has 0 saturated carbocycles. The zero-order chi connectivity index (χ0) is 13.1. The van der Waals surface area contributed by atoms with Gasteiger partial charge in [-0.3, -0.25) is 4.98 Å². The first-order valence-electron chi connectivity index (χ1n) is 5.14. The van der Waals surface area contributed by atoms with Crippen LogP contribution < -0.4 is 4.74 Å². The number of benzene rings is 1. The Bertz CT molecular complexity index is 599. The summed E-state index contributed by atoms with van der Waals surface area (Å²) in [6.07, 6.45) is 3.14. The third-order valence-corrected chi connectivity index (χ3v) is 2.71. The molecule has 2 rings (SSSR count). The molecule has 0 radical (unpaired) electrons. The first-order valence-corrected chi connectivity index (χ1v) is 5.52. The van der Waals surface area contributed by atoms with Gasteiger partial charge in [-0.2, -0.15) is 0 Å². The maximum absolute atomic E-state index is 11.2. The largest absolute Gasteiger partial charge is 0.495 e. The van der Waals surface area contributed by atoms with E-state index in [1.165, 1.54) is 13.2 Å². The maximum atomic E-state index is 11.2. The van der Waals surface area contributed by atoms with Crippen molar-refractivity contribution in [1.29, 1.82) is 0 Å². The molecule has 0 unspecified atom stereocenters. The summed E-state index contributed by atoms with van der Waals surface area (Å²) >= 11 is 5.80. The standard InChI is InChI=1S/C13H10ClNO3/c1-18-10-4-8(6-15-7-10)11-3-2-9(14)5-12(11)13(16)17/h2-7H,1H3,(H,16,17). The summed E-state index contributed by atoms with van der Waals surface area (Å²) in [5.41, 5.74) is 1.36. The fourth-order valence-electron chi connectivity index (χ4n) is 1.62. The third kappa shape index (κ3) is 2.43. The van der Waals surface area contributed by atoms with Gasteiger partial charge in [0, 0.05) is 16.8 Å². The molecule has 18 heavy (non-hydrogen) atoms. The van der Waals surface area contributed by atoms with E-state index in [0.29, 0.717) is 21.9 Å². The van der Waals surface area contributed by atoms with Gasteiger partial charge in [0.1, 0.15) is 5.75 Å². The molecule has 4 nitrogen and oxygen atoms in total. The number of aromatic nitrogens is 1. The Balaban J connectivity index is 2.59. The van der Waals surface area contributed by atoms with E-state index in [9.17, 15) is 4.79 Å². The van der Waals surface area contributed by atoms with Gasteiger partial charge in [0.2, 0.25) is 0 Å². The number of aromatic carboxylic acids is 1. The summed E-state index contributed by atoms with van der Waals surface area (Å²) in [7, 11) is 1.53. The first kappa shape index (κ1) is 12.4. The van der Waals surface area contributed by atoms with Crippen molar-refractivity contribution in [2.75, 3.05) is 7.11 Å². The molecule has 1 aromatic carbocycles. The van der Waals surface area contributed by atoms with E-state index in [0.717, 1.165) is 0 Å². The van der Waals surface area contributed by atoms with Crippen molar-refractivity contribution in [2.45, 2.75) is 0 Å². The van der Waals surface area contributed by atoms with Crippen molar-refractivity contribution in [3.63, 3.8) is 0 Å². The van der Waals surface area contributed by atoms with Crippen LogP contribution in [0, 0.1) is 0 Å². The molecule has 0 aliphatic heterocycles. The molecule has 0 aliphatic rings. The Morgan fingerprint density at radius 3 is 2.78 bits per heavy atom. The van der Waals surface area contributed by atoms with Crippen LogP contribution in [-0.4, -0.2) is 23.2 Å². The molecule has 0 spiro atoms. The average molecular weight is 264 g/mol. The van der Waals surface area contributed by atoms with Crippen molar-refractivity contribution in [3.8, 4) is 16.9 Å². The lowest BCUT2D eigenvalue weighted by atomic mass is 10.0. The molecule has 0 saturated heterocycles. The number of halogens is 1. The highest BCUT2D eigenvalue weighted by Crippen LogP contribution is 2.28. The van der Waals surface area contributed by atoms with Crippen LogP contribution >= 0.6 is 11.6 Å². The van der Waals surface area contributed by atoms with Crippen molar-refractivity contribution < 1.29 is 14.6 Å². The smallest absolute Gasteiger partial charge is 0.336 e. The first-order chi connectivity index (χ1) is 8.61. The third-order valence-electron chi connectivity index (χ3n) is 2.47. The van der Waals surface area contributed by atoms with Gasteiger partial charge in [-0.15, -0.1) is 0 Å². The van der Waals surface area contributed by atoms with Crippen molar-refractivity contribution in [2.24, 2.45) is 0 Å². The minimum atomic E-state index is -1.03. The van der Waals surface area contributed by atoms with Gasteiger partial charge in [0.05, 0.1) is 18.9 Å². The zero-order valence-corrected chi connectivity index (χ0v) is 10.3. The molecule has 2 aromatic rings. The van der Waals surface area contributed by atoms with E-state index in [1.807, 2.05) is 0 Å². The lowest BCUT2D eigenvalue weighted by Gasteiger charge is -2.07. The SMILES string of the molecule is COc1cncc(-c2ccc(Cl)cc2C(=O)O)c1. The molecule has 0 amide bonds. The monoisotopic (exact) mass is 263 g/mol. The number of pyridine rings is 1. The second-order valence-corrected chi connectivity index (χ2v) is 4.04. The summed E-state index contributed by atoms with van der Waals surface area (Å²) in [4.78, 5) is 15.2. The van der Waals surface area contributed by atoms with E-state index in [2.05, 4.69) is 4.98 Å². The Hall–Kier alpha value is -2.07. The van der Waals surface area contributed by atoms with E-state index < -0.39 is 5.97 Å². The number of ether oxygens (including phenoxy) is 1. The molecular formula is C13H10ClNO3. The molecule has 92 valence electrons. The molecular weight excluding hydrogens is 254 g/mol. The van der Waals surface area contributed by atoms with Crippen LogP contribution in [0.15, 0.2) is 36.7 Å². The van der Waals surface area contributed by atoms with Gasteiger partial charge in [-0.1, -0.05) is 17.7 Å². The topological polar surface area (TPSA) is 59.4 Å². The fraction of sp³-hybridized carbons (Fsp3) is 0.0769. The van der Waals surface area contributed by atoms with Crippen LogP contribution in [0.2, 0.25) is 5.02 Å². The normalized spacial score (nSPS) is 10.1. The van der Waals surface area contributed by atoms with Crippen molar-refractivity contribution >= 4 is 17.6 Å². The van der Waals surface area contributed by atoms with Crippen molar-refractivity contribution in [3.05, 3.63) is 47.2 Å². The number of nitrogens with zero attached hydrogens (tertiary/aromatic N) is 1. The van der Waals surface area contributed by atoms with Crippen LogP contribution in [-0.2, 0) is 0 Å². The van der Waals surface area contributed by atoms with Crippen LogP contribution in [0.4, 0.5) is 0 Å². The van der Waals surface area contributed by atoms with E-state index in [1.54, 1.807) is 30.6 Å². The minimum absolute atomic E-state index is 0.137. The fourth-order valence-corrected chi connectivity index (χ4v) is 1.79. The predicted octanol–water partition coefficient (Wildman–Crippen LogP) is 3.11. The summed E-state index contributed by atoms with van der Waals surface area (Å²) in [6.45, 7) is 0. The second kappa shape index (κ2) is 5.06. The lowest BCUT2D eigenvalue weighted by molar-refractivity contribution is 0.0697. The Kier molecular flexibility index (Phi) is 3.48. The Morgan fingerprint density at radius 2 is 2.11 bits per heavy atom. The predicted molar refractivity (Wildman–Crippen MR) is 68.2 cm³/mol. The summed E-state index contributed by atoms with van der Waals surface area (Å²) < 4.78 is 5.06. The summed E-state index contributed by atoms with van der Waals surface area (Å²) in [6, 6.07) is 6.44. The van der Waals surface area contributed by atoms with Crippen LogP contribution in [0.5, 0.6) is 5.75 Å². The number of hydrogen-bond donors (Lipinski definition) is 1. The van der Waals surface area contributed by atoms with Crippen LogP contribution in [0.1, 0.15) is 10.4 Å². The van der Waals surface area contributed by atoms with Gasteiger partial charge >= 0.3 is 5.97 Å². The number of methoxy groups -OCH3 is 1. The highest BCUT2D eigenvalue weighted by atomic mass is 35.5. The summed E-state index contributed by atoms with van der Waals surface area (Å²) in [5, 5.41) is 9.55. The number of carboxylic acids is 1. The van der Waals surface area contributed by atoms with E-state index in [-0.39, 0.29) is 5.56 Å². The molecule has 0 fully saturated rings. The van der Waals surface area contributed by atoms with Gasteiger partial charge < -0.3 is 9.84 Å². The highest BCUT2D eigenvalue weighted by molar-refractivity contribution is 6.31. The zero-order valence-electron chi connectivity index (χ0n) is 9.55. The minimum Gasteiger partial charge on any atom is -0.495 e. The molecule has 1 heterocycles. The van der Waals surface area contributed by atoms with E-state index >= 15 is 0 Å². The van der Waals surface area contributed by atoms with Gasteiger partial charge in [0.25, 0.3) is 0 Å². The molecule has 5 heteroatoms. The number of carbonyl (C=O) groups is 1. The molecule has 1 N–H and O–H groups in total. The average Bonchev–Trinajstić information content (AvgIpc) is 2.38. The number of rotatable bonds is 3. The van der Waals surface area contributed by atoms with E-state index in [4.69, 9.17) is 21.4 Å². The maximum Gasteiger partial charge on any atom is 0.336 e. The Morgan fingerprint density at radius 1 is 1.33 bits per heavy atom. The van der Waals surface area contributed by atoms with Crippen LogP contribution in [0.3, 0.4) is 0 Å². The quantitative estimate of drug-likeness (QED) is 0.924. The van der Waals surface area contributed by atoms with Crippen LogP contribution in [0.25, 0.3) is 11.1 Å². The highest BCUT2D eigenvalue weighted by Gasteiger charge is 2.13. The molecule has 1 aromatic heterocycles.